The molecule has 32 rings (SSSR count). The molecule has 14 atom stereocenters. The lowest BCUT2D eigenvalue weighted by atomic mass is 9.47. The molecule has 732 valence electrons. The van der Waals surface area contributed by atoms with Crippen molar-refractivity contribution in [2.45, 2.75) is 251 Å². The van der Waals surface area contributed by atoms with E-state index in [2.05, 4.69) is 108 Å². The van der Waals surface area contributed by atoms with E-state index in [0.717, 1.165) is 162 Å². The first-order valence-electron chi connectivity index (χ1n) is 52.0. The van der Waals surface area contributed by atoms with Crippen LogP contribution < -0.4 is 44.0 Å². The summed E-state index contributed by atoms with van der Waals surface area (Å²) in [5, 5.41) is 18.9. The smallest absolute Gasteiger partial charge is 0.330 e. The molecule has 0 aromatic carbocycles. The number of hydrogen-bond acceptors (Lipinski definition) is 23. The van der Waals surface area contributed by atoms with Crippen molar-refractivity contribution >= 4 is 109 Å². The second-order valence-corrected chi connectivity index (χ2v) is 46.6. The summed E-state index contributed by atoms with van der Waals surface area (Å²) in [6.45, 7) is 15.8. The zero-order valence-electron chi connectivity index (χ0n) is 81.3. The van der Waals surface area contributed by atoms with Crippen LogP contribution in [0.3, 0.4) is 0 Å². The summed E-state index contributed by atoms with van der Waals surface area (Å²) in [7, 11) is 7.31. The molecule has 3 saturated heterocycles. The minimum absolute atomic E-state index is 0.0202. The molecule has 0 radical (unpaired) electrons. The Morgan fingerprint density at radius 1 is 0.424 bits per heavy atom. The van der Waals surface area contributed by atoms with Gasteiger partial charge in [-0.2, -0.15) is 25.0 Å². The number of carbonyl (C=O) groups excluding carboxylic acids is 1. The van der Waals surface area contributed by atoms with Crippen molar-refractivity contribution in [1.82, 2.24) is 91.0 Å². The lowest BCUT2D eigenvalue weighted by Gasteiger charge is -2.60. The van der Waals surface area contributed by atoms with E-state index in [0.29, 0.717) is 121 Å². The SMILES string of the molecule is CCC12CC3CC(C1)C(n1c(=O)n(C)c4cnc(NC5=CC6CCOC6C=C5C)nc41)C(C3)C2.CCC12CC3CC(C1)C(n1c(=O)n(C)c4cnc(NC5=CC6CCOC6C=C5Cl)nc41)C(C3)C2.CCC12CC3CC(C1)C(n1c(=O)n(C)c4cnc(Nc5cn6ncnc6cc5C)nc41)C(C3)C2.CCOC(=O)C12CC3CC(C1)C(n1c(=O)n(C)c4cnc(NC5=CC6CCOC6C=C5Cl)nc41)C(C3)C2. The van der Waals surface area contributed by atoms with Crippen molar-refractivity contribution < 1.29 is 23.7 Å². The van der Waals surface area contributed by atoms with Crippen LogP contribution in [0.4, 0.5) is 29.5 Å². The van der Waals surface area contributed by atoms with Crippen LogP contribution in [0, 0.1) is 117 Å². The van der Waals surface area contributed by atoms with Gasteiger partial charge in [0.05, 0.1) is 88.5 Å². The molecule has 4 N–H and O–H groups in total. The van der Waals surface area contributed by atoms with E-state index >= 15 is 0 Å². The van der Waals surface area contributed by atoms with Crippen LogP contribution in [0.5, 0.6) is 0 Å². The summed E-state index contributed by atoms with van der Waals surface area (Å²) in [5.74, 6) is 9.90. The van der Waals surface area contributed by atoms with Crippen molar-refractivity contribution in [2.75, 3.05) is 47.7 Å². The fraction of sp³-hybridized carbons (Fsp3) is 0.629. The highest BCUT2D eigenvalue weighted by Crippen LogP contribution is 2.69. The number of halogens is 2. The van der Waals surface area contributed by atoms with Crippen molar-refractivity contribution in [1.29, 1.82) is 0 Å². The molecule has 16 bridgehead atoms. The summed E-state index contributed by atoms with van der Waals surface area (Å²) in [6.07, 6.45) is 54.0. The molecule has 16 saturated carbocycles. The van der Waals surface area contributed by atoms with E-state index in [-0.39, 0.29) is 89.0 Å². The van der Waals surface area contributed by atoms with E-state index in [9.17, 15) is 24.0 Å². The summed E-state index contributed by atoms with van der Waals surface area (Å²) >= 11 is 13.1. The molecule has 3 aliphatic heterocycles. The number of esters is 1. The fourth-order valence-corrected chi connectivity index (χ4v) is 32.9. The van der Waals surface area contributed by atoms with Gasteiger partial charge in [0.25, 0.3) is 0 Å². The third kappa shape index (κ3) is 14.9. The van der Waals surface area contributed by atoms with Gasteiger partial charge in [-0.3, -0.25) is 41.3 Å². The molecule has 14 unspecified atom stereocenters. The predicted molar refractivity (Wildman–Crippen MR) is 530 cm³/mol. The molecule has 32 nitrogen and oxygen atoms in total. The Bertz CT molecular complexity index is 6890. The molecule has 0 amide bonds. The number of nitrogens with zero attached hydrogens (tertiary/aromatic N) is 19. The maximum atomic E-state index is 13.6. The second-order valence-electron chi connectivity index (χ2n) is 45.8. The quantitative estimate of drug-likeness (QED) is 0.0615. The minimum Gasteiger partial charge on any atom is -0.466 e. The Morgan fingerprint density at radius 3 is 1.12 bits per heavy atom. The number of carbonyl (C=O) groups is 1. The topological polar surface area (TPSA) is 343 Å². The average Bonchev–Trinajstić information content (AvgIpc) is 1.71. The van der Waals surface area contributed by atoms with E-state index in [1.165, 1.54) is 122 Å². The van der Waals surface area contributed by atoms with Gasteiger partial charge in [-0.15, -0.1) is 0 Å². The molecule has 19 fully saturated rings. The first-order valence-corrected chi connectivity index (χ1v) is 52.7. The van der Waals surface area contributed by atoms with E-state index in [4.69, 9.17) is 62.1 Å². The Labute approximate surface area is 816 Å². The van der Waals surface area contributed by atoms with Gasteiger partial charge in [-0.25, -0.2) is 48.6 Å². The number of fused-ring (bicyclic) bond motifs is 8. The summed E-state index contributed by atoms with van der Waals surface area (Å²) in [4.78, 5) is 109. The molecule has 0 spiro atoms. The zero-order chi connectivity index (χ0) is 95.0. The highest BCUT2D eigenvalue weighted by Gasteiger charge is 2.63. The number of nitrogens with one attached hydrogen (secondary N) is 4. The number of hydrogen-bond donors (Lipinski definition) is 4. The third-order valence-electron chi connectivity index (χ3n) is 38.0. The number of pyridine rings is 1. The standard InChI is InChI=1S/C27H32ClN5O4.C27H35N5O2.C26H32ClN5O2.C25H30N8O/c1-3-36-24(34)27-10-14-6-16(11-27)22(17(7-14)12-27)33-23-20(32(2)26(33)35)13-29-25(31-23)30-19-8-15-4-5-37-21(15)9-18(19)28;1-4-27-11-16-8-18(12-27)23(19(9-16)13-27)32-24-21(31(3)26(32)33)14-28-25(30-24)29-20-10-17-5-6-34-22(17)7-15(20)2;1-3-26-10-14-6-16(11-26)22(17(7-14)12-26)32-23-20(31(2)25(32)33)13-28-24(30-23)29-19-8-15-4-5-34-21(15)9-18(19)27;1-4-25-8-15-6-16(9-25)21(17(7-15)10-25)33-22-19(31(3)24(33)34)11-26-23(30-22)29-18-12-32-20(5-14(18)2)27-13-28-32/h8-9,13-17,21-22H,3-7,10-12H2,1-2H3,(H,29,30,31);7,10,14,16-19,22-23H,4-6,8-9,11-13H2,1-3H3,(H,28,29,30);8-9,13-17,21-22H,3-7,10-12H2,1-2H3,(H,28,29,30);5,11-13,15-17,21H,4,6-10H2,1-3H3,(H,26,29,30). The van der Waals surface area contributed by atoms with Crippen LogP contribution >= 0.6 is 23.2 Å². The van der Waals surface area contributed by atoms with Gasteiger partial charge in [0, 0.05) is 95.6 Å². The van der Waals surface area contributed by atoms with Crippen LogP contribution in [0.15, 0.2) is 132 Å². The largest absolute Gasteiger partial charge is 0.466 e. The first kappa shape index (κ1) is 89.9. The van der Waals surface area contributed by atoms with Crippen molar-refractivity contribution in [2.24, 2.45) is 139 Å². The second kappa shape index (κ2) is 33.9. The Hall–Kier alpha value is -10.4. The van der Waals surface area contributed by atoms with Crippen LogP contribution in [0.2, 0.25) is 0 Å². The highest BCUT2D eigenvalue weighted by atomic mass is 35.5. The van der Waals surface area contributed by atoms with Gasteiger partial charge >= 0.3 is 28.7 Å². The number of aryl methyl sites for hydroxylation is 5. The Balaban J connectivity index is 0.0000000981. The van der Waals surface area contributed by atoms with Gasteiger partial charge in [-0.1, -0.05) is 87.5 Å². The highest BCUT2D eigenvalue weighted by molar-refractivity contribution is 6.32. The van der Waals surface area contributed by atoms with E-state index in [1.807, 2.05) is 79.3 Å². The van der Waals surface area contributed by atoms with Gasteiger partial charge in [-0.05, 0) is 285 Å². The molecule has 34 heteroatoms. The molecule has 22 aliphatic rings. The minimum atomic E-state index is -0.392. The third-order valence-corrected chi connectivity index (χ3v) is 38.7. The maximum Gasteiger partial charge on any atom is 0.330 e. The van der Waals surface area contributed by atoms with Gasteiger partial charge in [0.15, 0.2) is 28.2 Å². The fourth-order valence-electron chi connectivity index (χ4n) is 32.5. The van der Waals surface area contributed by atoms with Crippen LogP contribution in [0.25, 0.3) is 50.3 Å². The lowest BCUT2D eigenvalue weighted by molar-refractivity contribution is -0.175. The van der Waals surface area contributed by atoms with Crippen LogP contribution in [-0.2, 0) is 51.9 Å². The molecule has 10 aromatic rings. The Kier molecular flexibility index (Phi) is 21.9. The summed E-state index contributed by atoms with van der Waals surface area (Å²) < 4.78 is 39.3. The Morgan fingerprint density at radius 2 is 0.755 bits per heavy atom. The number of aromatic nitrogens is 19. The van der Waals surface area contributed by atoms with Gasteiger partial charge in [0.2, 0.25) is 23.8 Å². The monoisotopic (exact) mass is 1930 g/mol. The average molecular weight is 1930 g/mol. The van der Waals surface area contributed by atoms with E-state index < -0.39 is 5.41 Å². The number of rotatable bonds is 17. The molecule has 19 aliphatic carbocycles. The molecule has 13 heterocycles. The first-order chi connectivity index (χ1) is 67.2. The maximum absolute atomic E-state index is 13.6. The van der Waals surface area contributed by atoms with Gasteiger partial charge in [0.1, 0.15) is 28.4 Å². The summed E-state index contributed by atoms with van der Waals surface area (Å²) in [6, 6.07) is 2.74. The van der Waals surface area contributed by atoms with Crippen molar-refractivity contribution in [3.8, 4) is 0 Å². The predicted octanol–water partition coefficient (Wildman–Crippen LogP) is 17.2. The molecular formula is C105H129Cl2N23O9. The zero-order valence-corrected chi connectivity index (χ0v) is 82.9. The van der Waals surface area contributed by atoms with E-state index in [1.54, 1.807) is 48.4 Å². The normalized spacial score (nSPS) is 35.6. The summed E-state index contributed by atoms with van der Waals surface area (Å²) in [5.41, 5.74) is 13.7. The lowest BCUT2D eigenvalue weighted by Crippen LogP contribution is -2.55. The van der Waals surface area contributed by atoms with Crippen molar-refractivity contribution in [3.05, 3.63) is 160 Å². The van der Waals surface area contributed by atoms with Crippen molar-refractivity contribution in [3.63, 3.8) is 0 Å². The number of imidazole rings is 4. The number of allylic oxidation sites excluding steroid dienone is 3. The molecular weight excluding hydrogens is 1800 g/mol. The number of anilines is 5. The molecule has 139 heavy (non-hydrogen) atoms. The molecule has 10 aromatic heterocycles. The number of ether oxygens (including phenoxy) is 4. The van der Waals surface area contributed by atoms with Crippen LogP contribution in [0.1, 0.15) is 231 Å². The van der Waals surface area contributed by atoms with Crippen LogP contribution in [-0.4, -0.2) is 142 Å². The van der Waals surface area contributed by atoms with Gasteiger partial charge < -0.3 is 40.2 Å².